The zero-order valence-electron chi connectivity index (χ0n) is 13.8. The maximum absolute atomic E-state index is 6.11. The number of nitrogen functional groups attached to an aromatic ring is 1. The zero-order chi connectivity index (χ0) is 15.9. The first-order valence-electron chi connectivity index (χ1n) is 7.96. The summed E-state index contributed by atoms with van der Waals surface area (Å²) >= 11 is 0. The van der Waals surface area contributed by atoms with Crippen LogP contribution in [0.4, 0.5) is 11.5 Å². The minimum Gasteiger partial charge on any atom is -0.476 e. The number of nitrogens with zero attached hydrogens (tertiary/aromatic N) is 3. The van der Waals surface area contributed by atoms with E-state index in [1.165, 1.54) is 0 Å². The van der Waals surface area contributed by atoms with Gasteiger partial charge in [0.15, 0.2) is 5.82 Å². The van der Waals surface area contributed by atoms with Gasteiger partial charge in [0.2, 0.25) is 5.88 Å². The van der Waals surface area contributed by atoms with Gasteiger partial charge in [-0.25, -0.2) is 4.98 Å². The predicted octanol–water partition coefficient (Wildman–Crippen LogP) is 1.32. The van der Waals surface area contributed by atoms with E-state index >= 15 is 0 Å². The zero-order valence-corrected chi connectivity index (χ0v) is 13.8. The van der Waals surface area contributed by atoms with Crippen molar-refractivity contribution in [3.63, 3.8) is 0 Å². The summed E-state index contributed by atoms with van der Waals surface area (Å²) in [6.07, 6.45) is 0. The van der Waals surface area contributed by atoms with E-state index in [0.29, 0.717) is 24.0 Å². The van der Waals surface area contributed by atoms with E-state index in [1.54, 1.807) is 0 Å². The first-order valence-corrected chi connectivity index (χ1v) is 7.96. The molecule has 7 heteroatoms. The second-order valence-electron chi connectivity index (χ2n) is 5.62. The van der Waals surface area contributed by atoms with Gasteiger partial charge in [-0.15, -0.1) is 0 Å². The van der Waals surface area contributed by atoms with E-state index in [-0.39, 0.29) is 5.92 Å². The largest absolute Gasteiger partial charge is 0.476 e. The van der Waals surface area contributed by atoms with Crippen LogP contribution in [-0.2, 0) is 4.74 Å². The SMILES string of the molecule is CCOc1nc(C(C)C)nc(NCCN2CCOCC2)c1N. The molecule has 0 radical (unpaired) electrons. The quantitative estimate of drug-likeness (QED) is 0.785. The van der Waals surface area contributed by atoms with Crippen molar-refractivity contribution in [3.05, 3.63) is 5.82 Å². The highest BCUT2D eigenvalue weighted by Gasteiger charge is 2.15. The number of hydrogen-bond acceptors (Lipinski definition) is 7. The minimum absolute atomic E-state index is 0.222. The monoisotopic (exact) mass is 309 g/mol. The summed E-state index contributed by atoms with van der Waals surface area (Å²) in [4.78, 5) is 11.3. The average molecular weight is 309 g/mol. The molecular formula is C15H27N5O2. The van der Waals surface area contributed by atoms with Crippen LogP contribution >= 0.6 is 0 Å². The molecule has 0 unspecified atom stereocenters. The Morgan fingerprint density at radius 1 is 1.32 bits per heavy atom. The van der Waals surface area contributed by atoms with E-state index in [4.69, 9.17) is 15.2 Å². The smallest absolute Gasteiger partial charge is 0.242 e. The molecule has 0 aromatic carbocycles. The van der Waals surface area contributed by atoms with Crippen LogP contribution in [0.1, 0.15) is 32.5 Å². The number of rotatable bonds is 7. The fourth-order valence-electron chi connectivity index (χ4n) is 2.26. The number of nitrogens with one attached hydrogen (secondary N) is 1. The Bertz CT molecular complexity index is 475. The highest BCUT2D eigenvalue weighted by molar-refractivity contribution is 5.67. The molecule has 0 atom stereocenters. The molecule has 0 amide bonds. The lowest BCUT2D eigenvalue weighted by molar-refractivity contribution is 0.0398. The molecule has 2 rings (SSSR count). The average Bonchev–Trinajstić information content (AvgIpc) is 2.51. The standard InChI is InChI=1S/C15H27N5O2/c1-4-22-15-12(16)14(18-13(19-15)11(2)3)17-5-6-20-7-9-21-10-8-20/h11H,4-10,16H2,1-3H3,(H,17,18,19). The summed E-state index contributed by atoms with van der Waals surface area (Å²) in [5.41, 5.74) is 6.59. The van der Waals surface area contributed by atoms with Gasteiger partial charge < -0.3 is 20.5 Å². The molecule has 1 saturated heterocycles. The Balaban J connectivity index is 2.01. The number of morpholine rings is 1. The molecule has 22 heavy (non-hydrogen) atoms. The normalized spacial score (nSPS) is 16.0. The lowest BCUT2D eigenvalue weighted by Gasteiger charge is -2.26. The molecule has 1 fully saturated rings. The van der Waals surface area contributed by atoms with Crippen molar-refractivity contribution in [2.45, 2.75) is 26.7 Å². The van der Waals surface area contributed by atoms with Crippen molar-refractivity contribution < 1.29 is 9.47 Å². The molecule has 1 aromatic rings. The number of hydrogen-bond donors (Lipinski definition) is 2. The van der Waals surface area contributed by atoms with Crippen LogP contribution in [0.3, 0.4) is 0 Å². The summed E-state index contributed by atoms with van der Waals surface area (Å²) in [7, 11) is 0. The Kier molecular flexibility index (Phi) is 6.21. The molecule has 0 aliphatic carbocycles. The molecule has 0 saturated carbocycles. The highest BCUT2D eigenvalue weighted by atomic mass is 16.5. The third-order valence-corrected chi connectivity index (χ3v) is 3.55. The van der Waals surface area contributed by atoms with Crippen molar-refractivity contribution in [3.8, 4) is 5.88 Å². The molecule has 0 spiro atoms. The van der Waals surface area contributed by atoms with Crippen molar-refractivity contribution >= 4 is 11.5 Å². The van der Waals surface area contributed by atoms with E-state index < -0.39 is 0 Å². The summed E-state index contributed by atoms with van der Waals surface area (Å²) in [6.45, 7) is 11.8. The topological polar surface area (TPSA) is 85.5 Å². The van der Waals surface area contributed by atoms with E-state index in [1.807, 2.05) is 6.92 Å². The van der Waals surface area contributed by atoms with E-state index in [0.717, 1.165) is 45.2 Å². The van der Waals surface area contributed by atoms with Crippen molar-refractivity contribution in [2.24, 2.45) is 0 Å². The maximum Gasteiger partial charge on any atom is 0.242 e. The number of aromatic nitrogens is 2. The molecule has 1 aromatic heterocycles. The number of nitrogens with two attached hydrogens (primary N) is 1. The lowest BCUT2D eigenvalue weighted by Crippen LogP contribution is -2.39. The van der Waals surface area contributed by atoms with E-state index in [2.05, 4.69) is 34.0 Å². The second-order valence-corrected chi connectivity index (χ2v) is 5.62. The van der Waals surface area contributed by atoms with Crippen LogP contribution < -0.4 is 15.8 Å². The van der Waals surface area contributed by atoms with Gasteiger partial charge in [0.1, 0.15) is 11.5 Å². The molecule has 0 bridgehead atoms. The third kappa shape index (κ3) is 4.45. The van der Waals surface area contributed by atoms with Crippen LogP contribution in [0, 0.1) is 0 Å². The Labute approximate surface area is 132 Å². The van der Waals surface area contributed by atoms with Crippen LogP contribution in [0.15, 0.2) is 0 Å². The summed E-state index contributed by atoms with van der Waals surface area (Å²) in [6, 6.07) is 0. The first kappa shape index (κ1) is 16.8. The fraction of sp³-hybridized carbons (Fsp3) is 0.733. The Morgan fingerprint density at radius 3 is 2.68 bits per heavy atom. The van der Waals surface area contributed by atoms with Gasteiger partial charge >= 0.3 is 0 Å². The maximum atomic E-state index is 6.11. The third-order valence-electron chi connectivity index (χ3n) is 3.55. The van der Waals surface area contributed by atoms with Crippen LogP contribution in [0.25, 0.3) is 0 Å². The molecule has 3 N–H and O–H groups in total. The minimum atomic E-state index is 0.222. The van der Waals surface area contributed by atoms with Gasteiger partial charge in [0.05, 0.1) is 19.8 Å². The van der Waals surface area contributed by atoms with Crippen molar-refractivity contribution in [1.82, 2.24) is 14.9 Å². The van der Waals surface area contributed by atoms with Gasteiger partial charge in [-0.2, -0.15) is 4.98 Å². The Morgan fingerprint density at radius 2 is 2.05 bits per heavy atom. The van der Waals surface area contributed by atoms with Crippen molar-refractivity contribution in [1.29, 1.82) is 0 Å². The lowest BCUT2D eigenvalue weighted by atomic mass is 10.2. The molecule has 1 aliphatic heterocycles. The van der Waals surface area contributed by atoms with Gasteiger partial charge in [-0.3, -0.25) is 4.90 Å². The van der Waals surface area contributed by atoms with E-state index in [9.17, 15) is 0 Å². The summed E-state index contributed by atoms with van der Waals surface area (Å²) < 4.78 is 10.9. The van der Waals surface area contributed by atoms with Crippen LogP contribution in [0.2, 0.25) is 0 Å². The van der Waals surface area contributed by atoms with Crippen LogP contribution in [0.5, 0.6) is 5.88 Å². The predicted molar refractivity (Wildman–Crippen MR) is 87.5 cm³/mol. The van der Waals surface area contributed by atoms with Gasteiger partial charge in [0.25, 0.3) is 0 Å². The fourth-order valence-corrected chi connectivity index (χ4v) is 2.26. The van der Waals surface area contributed by atoms with Gasteiger partial charge in [0, 0.05) is 32.1 Å². The molecular weight excluding hydrogens is 282 g/mol. The molecule has 124 valence electrons. The first-order chi connectivity index (χ1) is 10.6. The number of ether oxygens (including phenoxy) is 2. The second kappa shape index (κ2) is 8.14. The molecule has 1 aliphatic rings. The van der Waals surface area contributed by atoms with Gasteiger partial charge in [-0.05, 0) is 6.92 Å². The van der Waals surface area contributed by atoms with Crippen molar-refractivity contribution in [2.75, 3.05) is 57.1 Å². The number of anilines is 2. The Hall–Kier alpha value is -1.60. The summed E-state index contributed by atoms with van der Waals surface area (Å²) in [5.74, 6) is 2.09. The van der Waals surface area contributed by atoms with Crippen LogP contribution in [-0.4, -0.2) is 60.9 Å². The highest BCUT2D eigenvalue weighted by Crippen LogP contribution is 2.28. The van der Waals surface area contributed by atoms with Gasteiger partial charge in [-0.1, -0.05) is 13.8 Å². The summed E-state index contributed by atoms with van der Waals surface area (Å²) in [5, 5.41) is 3.32. The molecule has 7 nitrogen and oxygen atoms in total. The molecule has 2 heterocycles.